The Morgan fingerprint density at radius 2 is 1.95 bits per heavy atom. The number of nitrogens with zero attached hydrogens (tertiary/aromatic N) is 1. The topological polar surface area (TPSA) is 15.3 Å². The van der Waals surface area contributed by atoms with E-state index in [1.807, 2.05) is 12.1 Å². The van der Waals surface area contributed by atoms with Gasteiger partial charge in [0.15, 0.2) is 0 Å². The highest BCUT2D eigenvalue weighted by Crippen LogP contribution is 2.29. The van der Waals surface area contributed by atoms with Crippen LogP contribution < -0.4 is 10.2 Å². The minimum Gasteiger partial charge on any atom is -0.370 e. The number of hydrogen-bond acceptors (Lipinski definition) is 2. The van der Waals surface area contributed by atoms with Gasteiger partial charge in [-0.2, -0.15) is 0 Å². The summed E-state index contributed by atoms with van der Waals surface area (Å²) in [7, 11) is 0. The van der Waals surface area contributed by atoms with Gasteiger partial charge in [-0.3, -0.25) is 0 Å². The molecule has 0 amide bonds. The first-order valence-corrected chi connectivity index (χ1v) is 7.44. The van der Waals surface area contributed by atoms with Gasteiger partial charge in [0.2, 0.25) is 0 Å². The number of benzene rings is 1. The standard InChI is InChI=1S/C16H23FN2/c1-12-8-15(18-9-13-2-3-13)11-19(10-12)16-6-4-14(17)5-7-16/h4-7,12-13,15,18H,2-3,8-11H2,1H3. The number of halogens is 1. The Morgan fingerprint density at radius 1 is 1.21 bits per heavy atom. The lowest BCUT2D eigenvalue weighted by atomic mass is 9.95. The number of hydrogen-bond donors (Lipinski definition) is 1. The molecule has 3 rings (SSSR count). The molecular formula is C16H23FN2. The van der Waals surface area contributed by atoms with Crippen LogP contribution in [0.2, 0.25) is 0 Å². The van der Waals surface area contributed by atoms with Gasteiger partial charge in [-0.15, -0.1) is 0 Å². The molecule has 0 bridgehead atoms. The van der Waals surface area contributed by atoms with Gasteiger partial charge < -0.3 is 10.2 Å². The molecule has 0 spiro atoms. The third-order valence-corrected chi connectivity index (χ3v) is 4.24. The molecule has 2 unspecified atom stereocenters. The van der Waals surface area contributed by atoms with Gasteiger partial charge in [-0.1, -0.05) is 6.92 Å². The fourth-order valence-electron chi connectivity index (χ4n) is 3.02. The molecule has 19 heavy (non-hydrogen) atoms. The summed E-state index contributed by atoms with van der Waals surface area (Å²) >= 11 is 0. The first kappa shape index (κ1) is 12.9. The molecule has 104 valence electrons. The maximum Gasteiger partial charge on any atom is 0.123 e. The van der Waals surface area contributed by atoms with Crippen molar-refractivity contribution in [3.63, 3.8) is 0 Å². The zero-order valence-electron chi connectivity index (χ0n) is 11.6. The molecule has 0 radical (unpaired) electrons. The van der Waals surface area contributed by atoms with Crippen LogP contribution in [-0.4, -0.2) is 25.7 Å². The molecular weight excluding hydrogens is 239 g/mol. The van der Waals surface area contributed by atoms with E-state index in [1.165, 1.54) is 25.8 Å². The van der Waals surface area contributed by atoms with Crippen molar-refractivity contribution < 1.29 is 4.39 Å². The SMILES string of the molecule is CC1CC(NCC2CC2)CN(c2ccc(F)cc2)C1. The smallest absolute Gasteiger partial charge is 0.123 e. The highest BCUT2D eigenvalue weighted by molar-refractivity contribution is 5.47. The molecule has 0 aromatic heterocycles. The van der Waals surface area contributed by atoms with Crippen LogP contribution in [0.15, 0.2) is 24.3 Å². The quantitative estimate of drug-likeness (QED) is 0.897. The molecule has 1 N–H and O–H groups in total. The second-order valence-corrected chi connectivity index (χ2v) is 6.27. The molecule has 2 atom stereocenters. The van der Waals surface area contributed by atoms with E-state index in [-0.39, 0.29) is 5.82 Å². The Kier molecular flexibility index (Phi) is 3.74. The summed E-state index contributed by atoms with van der Waals surface area (Å²) in [6, 6.07) is 7.48. The number of anilines is 1. The first-order valence-electron chi connectivity index (χ1n) is 7.44. The van der Waals surface area contributed by atoms with E-state index in [0.29, 0.717) is 12.0 Å². The number of piperidine rings is 1. The van der Waals surface area contributed by atoms with Gasteiger partial charge >= 0.3 is 0 Å². The second kappa shape index (κ2) is 5.49. The zero-order chi connectivity index (χ0) is 13.2. The molecule has 2 aliphatic rings. The summed E-state index contributed by atoms with van der Waals surface area (Å²) in [5, 5.41) is 3.71. The van der Waals surface area contributed by atoms with Gasteiger partial charge in [-0.25, -0.2) is 4.39 Å². The van der Waals surface area contributed by atoms with Crippen molar-refractivity contribution in [3.05, 3.63) is 30.1 Å². The van der Waals surface area contributed by atoms with Crippen LogP contribution >= 0.6 is 0 Å². The average molecular weight is 262 g/mol. The Hall–Kier alpha value is -1.09. The summed E-state index contributed by atoms with van der Waals surface area (Å²) < 4.78 is 13.0. The van der Waals surface area contributed by atoms with E-state index in [4.69, 9.17) is 0 Å². The monoisotopic (exact) mass is 262 g/mol. The molecule has 1 saturated heterocycles. The van der Waals surface area contributed by atoms with Crippen LogP contribution in [-0.2, 0) is 0 Å². The largest absolute Gasteiger partial charge is 0.370 e. The summed E-state index contributed by atoms with van der Waals surface area (Å²) in [5.41, 5.74) is 1.14. The van der Waals surface area contributed by atoms with Crippen molar-refractivity contribution in [1.29, 1.82) is 0 Å². The van der Waals surface area contributed by atoms with E-state index in [9.17, 15) is 4.39 Å². The minimum atomic E-state index is -0.155. The van der Waals surface area contributed by atoms with Gasteiger partial charge in [0, 0.05) is 24.8 Å². The van der Waals surface area contributed by atoms with E-state index < -0.39 is 0 Å². The van der Waals surface area contributed by atoms with Crippen molar-refractivity contribution in [2.45, 2.75) is 32.2 Å². The minimum absolute atomic E-state index is 0.155. The summed E-state index contributed by atoms with van der Waals surface area (Å²) in [6.07, 6.45) is 4.05. The molecule has 3 heteroatoms. The Labute approximate surface area is 115 Å². The number of rotatable bonds is 4. The molecule has 1 saturated carbocycles. The first-order chi connectivity index (χ1) is 9.20. The van der Waals surface area contributed by atoms with Crippen LogP contribution in [0.3, 0.4) is 0 Å². The Bertz CT molecular complexity index is 413. The van der Waals surface area contributed by atoms with Gasteiger partial charge in [0.05, 0.1) is 0 Å². The normalized spacial score (nSPS) is 27.6. The highest BCUT2D eigenvalue weighted by Gasteiger charge is 2.27. The average Bonchev–Trinajstić information content (AvgIpc) is 3.20. The lowest BCUT2D eigenvalue weighted by Gasteiger charge is -2.38. The number of nitrogens with one attached hydrogen (secondary N) is 1. The summed E-state index contributed by atoms with van der Waals surface area (Å²) in [4.78, 5) is 2.39. The Balaban J connectivity index is 1.61. The molecule has 1 heterocycles. The zero-order valence-corrected chi connectivity index (χ0v) is 11.6. The predicted molar refractivity (Wildman–Crippen MR) is 76.9 cm³/mol. The third kappa shape index (κ3) is 3.47. The van der Waals surface area contributed by atoms with Crippen molar-refractivity contribution in [1.82, 2.24) is 5.32 Å². The molecule has 1 aliphatic heterocycles. The van der Waals surface area contributed by atoms with Crippen LogP contribution in [0.25, 0.3) is 0 Å². The predicted octanol–water partition coefficient (Wildman–Crippen LogP) is 3.04. The van der Waals surface area contributed by atoms with Crippen LogP contribution in [0, 0.1) is 17.7 Å². The van der Waals surface area contributed by atoms with Crippen LogP contribution in [0.1, 0.15) is 26.2 Å². The van der Waals surface area contributed by atoms with Crippen LogP contribution in [0.5, 0.6) is 0 Å². The van der Waals surface area contributed by atoms with Crippen molar-refractivity contribution in [2.24, 2.45) is 11.8 Å². The fraction of sp³-hybridized carbons (Fsp3) is 0.625. The van der Waals surface area contributed by atoms with E-state index in [0.717, 1.165) is 24.7 Å². The van der Waals surface area contributed by atoms with Crippen LogP contribution in [0.4, 0.5) is 10.1 Å². The van der Waals surface area contributed by atoms with Gasteiger partial charge in [0.25, 0.3) is 0 Å². The van der Waals surface area contributed by atoms with Crippen molar-refractivity contribution >= 4 is 5.69 Å². The highest BCUT2D eigenvalue weighted by atomic mass is 19.1. The maximum absolute atomic E-state index is 13.0. The third-order valence-electron chi connectivity index (χ3n) is 4.24. The van der Waals surface area contributed by atoms with E-state index in [1.54, 1.807) is 12.1 Å². The molecule has 1 aromatic carbocycles. The van der Waals surface area contributed by atoms with Crippen molar-refractivity contribution in [2.75, 3.05) is 24.5 Å². The summed E-state index contributed by atoms with van der Waals surface area (Å²) in [6.45, 7) is 5.60. The molecule has 1 aromatic rings. The summed E-state index contributed by atoms with van der Waals surface area (Å²) in [5.74, 6) is 1.46. The fourth-order valence-corrected chi connectivity index (χ4v) is 3.02. The molecule has 2 nitrogen and oxygen atoms in total. The molecule has 2 fully saturated rings. The van der Waals surface area contributed by atoms with Crippen molar-refractivity contribution in [3.8, 4) is 0 Å². The maximum atomic E-state index is 13.0. The van der Waals surface area contributed by atoms with Gasteiger partial charge in [0.1, 0.15) is 5.82 Å². The Morgan fingerprint density at radius 3 is 2.63 bits per heavy atom. The van der Waals surface area contributed by atoms with E-state index >= 15 is 0 Å². The van der Waals surface area contributed by atoms with Gasteiger partial charge in [-0.05, 0) is 61.9 Å². The second-order valence-electron chi connectivity index (χ2n) is 6.27. The molecule has 1 aliphatic carbocycles. The lowest BCUT2D eigenvalue weighted by Crippen LogP contribution is -2.49. The van der Waals surface area contributed by atoms with E-state index in [2.05, 4.69) is 17.1 Å². The lowest BCUT2D eigenvalue weighted by molar-refractivity contribution is 0.348.